The average molecular weight is 498 g/mol. The molecule has 10 nitrogen and oxygen atoms in total. The maximum atomic E-state index is 12.8. The van der Waals surface area contributed by atoms with Crippen molar-refractivity contribution in [3.8, 4) is 0 Å². The zero-order valence-electron chi connectivity index (χ0n) is 19.0. The number of hydrogen-bond donors (Lipinski definition) is 1. The molecule has 1 amide bonds. The molecule has 0 aliphatic rings. The number of nitrogens with one attached hydrogen (secondary N) is 1. The van der Waals surface area contributed by atoms with Gasteiger partial charge in [-0.05, 0) is 30.7 Å². The predicted octanol–water partition coefficient (Wildman–Crippen LogP) is 3.77. The summed E-state index contributed by atoms with van der Waals surface area (Å²) in [5, 5.41) is 11.0. The highest BCUT2D eigenvalue weighted by Crippen LogP contribution is 2.24. The number of hydrogen-bond acceptors (Lipinski definition) is 7. The van der Waals surface area contributed by atoms with E-state index in [9.17, 15) is 28.1 Å². The molecule has 1 atom stereocenters. The Bertz CT molecular complexity index is 1340. The first-order valence-corrected chi connectivity index (χ1v) is 11.9. The number of ether oxygens (including phenoxy) is 1. The number of para-hydroxylation sites is 1. The quantitative estimate of drug-likeness (QED) is 0.270. The minimum atomic E-state index is -4.25. The van der Waals surface area contributed by atoms with E-state index in [4.69, 9.17) is 4.74 Å². The number of esters is 1. The lowest BCUT2D eigenvalue weighted by Crippen LogP contribution is -2.33. The molecule has 0 aromatic heterocycles. The van der Waals surface area contributed by atoms with Crippen molar-refractivity contribution in [1.29, 1.82) is 0 Å². The summed E-state index contributed by atoms with van der Waals surface area (Å²) in [4.78, 5) is 36.6. The molecule has 3 rings (SSSR count). The van der Waals surface area contributed by atoms with E-state index in [0.717, 1.165) is 17.7 Å². The molecule has 35 heavy (non-hydrogen) atoms. The van der Waals surface area contributed by atoms with E-state index in [-0.39, 0.29) is 22.2 Å². The summed E-state index contributed by atoms with van der Waals surface area (Å²) >= 11 is 0. The van der Waals surface area contributed by atoms with Crippen LogP contribution in [-0.2, 0) is 19.6 Å². The fourth-order valence-corrected chi connectivity index (χ4v) is 4.32. The van der Waals surface area contributed by atoms with Crippen LogP contribution in [0.15, 0.2) is 83.8 Å². The topological polar surface area (TPSA) is 136 Å². The monoisotopic (exact) mass is 497 g/mol. The molecular weight excluding hydrogens is 474 g/mol. The summed E-state index contributed by atoms with van der Waals surface area (Å²) in [5.41, 5.74) is 0.305. The second-order valence-electron chi connectivity index (χ2n) is 7.57. The van der Waals surface area contributed by atoms with Gasteiger partial charge in [-0.3, -0.25) is 19.6 Å². The van der Waals surface area contributed by atoms with Crippen LogP contribution in [0.3, 0.4) is 0 Å². The van der Waals surface area contributed by atoms with Gasteiger partial charge < -0.3 is 9.64 Å². The standard InChI is InChI=1S/C24H23N3O7S/c1-17(18-9-4-3-5-10-18)26(2)23(28)16-34-24(29)21-13-6-7-14-22(21)25-35(32,33)20-12-8-11-19(15-20)27(30)31/h3-15,17,25H,16H2,1-2H3. The Morgan fingerprint density at radius 1 is 1.03 bits per heavy atom. The lowest BCUT2D eigenvalue weighted by molar-refractivity contribution is -0.385. The van der Waals surface area contributed by atoms with Crippen molar-refractivity contribution >= 4 is 33.3 Å². The Kier molecular flexibility index (Phi) is 7.82. The number of likely N-dealkylation sites (N-methyl/N-ethyl adjacent to an activating group) is 1. The smallest absolute Gasteiger partial charge is 0.340 e. The van der Waals surface area contributed by atoms with E-state index in [1.165, 1.54) is 41.3 Å². The van der Waals surface area contributed by atoms with Crippen molar-refractivity contribution in [3.63, 3.8) is 0 Å². The minimum Gasteiger partial charge on any atom is -0.452 e. The first kappa shape index (κ1) is 25.4. The van der Waals surface area contributed by atoms with E-state index >= 15 is 0 Å². The number of rotatable bonds is 9. The summed E-state index contributed by atoms with van der Waals surface area (Å²) in [6.45, 7) is 1.30. The van der Waals surface area contributed by atoms with Gasteiger partial charge in [0.05, 0.1) is 27.1 Å². The molecule has 1 unspecified atom stereocenters. The number of amides is 1. The fourth-order valence-electron chi connectivity index (χ4n) is 3.20. The molecule has 0 heterocycles. The van der Waals surface area contributed by atoms with Gasteiger partial charge in [0.25, 0.3) is 21.6 Å². The van der Waals surface area contributed by atoms with Crippen LogP contribution in [0.5, 0.6) is 0 Å². The SMILES string of the molecule is CC(c1ccccc1)N(C)C(=O)COC(=O)c1ccccc1NS(=O)(=O)c1cccc([N+](=O)[O-])c1. The van der Waals surface area contributed by atoms with Gasteiger partial charge >= 0.3 is 5.97 Å². The Morgan fingerprint density at radius 2 is 1.69 bits per heavy atom. The van der Waals surface area contributed by atoms with Crippen LogP contribution in [0.25, 0.3) is 0 Å². The number of carbonyl (C=O) groups is 2. The van der Waals surface area contributed by atoms with Crippen LogP contribution in [0.4, 0.5) is 11.4 Å². The van der Waals surface area contributed by atoms with Gasteiger partial charge in [0.15, 0.2) is 6.61 Å². The molecule has 0 aliphatic carbocycles. The van der Waals surface area contributed by atoms with Crippen molar-refractivity contribution in [2.75, 3.05) is 18.4 Å². The second kappa shape index (κ2) is 10.8. The highest BCUT2D eigenvalue weighted by Gasteiger charge is 2.23. The number of sulfonamides is 1. The average Bonchev–Trinajstić information content (AvgIpc) is 2.86. The highest BCUT2D eigenvalue weighted by atomic mass is 32.2. The van der Waals surface area contributed by atoms with E-state index in [0.29, 0.717) is 0 Å². The van der Waals surface area contributed by atoms with Crippen molar-refractivity contribution in [3.05, 3.63) is 100 Å². The van der Waals surface area contributed by atoms with Gasteiger partial charge in [-0.1, -0.05) is 48.5 Å². The first-order valence-electron chi connectivity index (χ1n) is 10.4. The fraction of sp³-hybridized carbons (Fsp3) is 0.167. The molecule has 0 radical (unpaired) electrons. The van der Waals surface area contributed by atoms with Crippen LogP contribution in [-0.4, -0.2) is 43.8 Å². The van der Waals surface area contributed by atoms with Crippen molar-refractivity contribution in [1.82, 2.24) is 4.90 Å². The van der Waals surface area contributed by atoms with Crippen LogP contribution in [0, 0.1) is 10.1 Å². The van der Waals surface area contributed by atoms with E-state index in [1.807, 2.05) is 37.3 Å². The number of nitrogens with zero attached hydrogens (tertiary/aromatic N) is 2. The summed E-state index contributed by atoms with van der Waals surface area (Å²) in [5.74, 6) is -1.35. The van der Waals surface area contributed by atoms with Gasteiger partial charge in [0, 0.05) is 19.2 Å². The largest absolute Gasteiger partial charge is 0.452 e. The van der Waals surface area contributed by atoms with Crippen LogP contribution < -0.4 is 4.72 Å². The molecule has 0 saturated heterocycles. The Balaban J connectivity index is 1.71. The van der Waals surface area contributed by atoms with Crippen molar-refractivity contribution < 1.29 is 27.7 Å². The minimum absolute atomic E-state index is 0.0949. The zero-order chi connectivity index (χ0) is 25.6. The van der Waals surface area contributed by atoms with E-state index < -0.39 is 39.1 Å². The van der Waals surface area contributed by atoms with Gasteiger partial charge in [-0.2, -0.15) is 0 Å². The molecule has 0 saturated carbocycles. The lowest BCUT2D eigenvalue weighted by Gasteiger charge is -2.25. The lowest BCUT2D eigenvalue weighted by atomic mass is 10.1. The third-order valence-corrected chi connectivity index (χ3v) is 6.68. The number of anilines is 1. The molecule has 0 spiro atoms. The Labute approximate surface area is 202 Å². The van der Waals surface area contributed by atoms with Gasteiger partial charge in [0.1, 0.15) is 0 Å². The number of non-ortho nitro benzene ring substituents is 1. The van der Waals surface area contributed by atoms with Crippen molar-refractivity contribution in [2.45, 2.75) is 17.9 Å². The molecule has 0 bridgehead atoms. The summed E-state index contributed by atoms with van der Waals surface area (Å²) in [6.07, 6.45) is 0. The van der Waals surface area contributed by atoms with Crippen LogP contribution >= 0.6 is 0 Å². The molecule has 11 heteroatoms. The van der Waals surface area contributed by atoms with Gasteiger partial charge in [0.2, 0.25) is 0 Å². The number of nitro groups is 1. The molecule has 0 fully saturated rings. The van der Waals surface area contributed by atoms with Crippen LogP contribution in [0.1, 0.15) is 28.9 Å². The Morgan fingerprint density at radius 3 is 2.37 bits per heavy atom. The summed E-state index contributed by atoms with van der Waals surface area (Å²) in [7, 11) is -2.66. The number of benzene rings is 3. The molecule has 182 valence electrons. The normalized spacial score (nSPS) is 11.8. The highest BCUT2D eigenvalue weighted by molar-refractivity contribution is 7.92. The molecular formula is C24H23N3O7S. The third-order valence-electron chi connectivity index (χ3n) is 5.31. The maximum absolute atomic E-state index is 12.8. The maximum Gasteiger partial charge on any atom is 0.340 e. The predicted molar refractivity (Wildman–Crippen MR) is 128 cm³/mol. The number of carbonyl (C=O) groups excluding carboxylic acids is 2. The Hall–Kier alpha value is -4.25. The van der Waals surface area contributed by atoms with Crippen LogP contribution in [0.2, 0.25) is 0 Å². The third kappa shape index (κ3) is 6.21. The first-order chi connectivity index (χ1) is 16.6. The van der Waals surface area contributed by atoms with E-state index in [1.54, 1.807) is 7.05 Å². The number of nitro benzene ring substituents is 1. The summed E-state index contributed by atoms with van der Waals surface area (Å²) in [6, 6.07) is 19.3. The molecule has 3 aromatic rings. The summed E-state index contributed by atoms with van der Waals surface area (Å²) < 4.78 is 32.9. The zero-order valence-corrected chi connectivity index (χ0v) is 19.8. The van der Waals surface area contributed by atoms with Gasteiger partial charge in [-0.15, -0.1) is 0 Å². The molecule has 1 N–H and O–H groups in total. The molecule has 0 aliphatic heterocycles. The molecule has 3 aromatic carbocycles. The van der Waals surface area contributed by atoms with E-state index in [2.05, 4.69) is 4.72 Å². The van der Waals surface area contributed by atoms with Gasteiger partial charge in [-0.25, -0.2) is 13.2 Å². The van der Waals surface area contributed by atoms with Crippen molar-refractivity contribution in [2.24, 2.45) is 0 Å². The second-order valence-corrected chi connectivity index (χ2v) is 9.26.